The van der Waals surface area contributed by atoms with Gasteiger partial charge in [0.2, 0.25) is 5.91 Å². The van der Waals surface area contributed by atoms with Gasteiger partial charge in [-0.05, 0) is 62.6 Å². The molecule has 1 aliphatic heterocycles. The third kappa shape index (κ3) is 2.09. The number of nitrogens with zero attached hydrogens (tertiary/aromatic N) is 1. The zero-order valence-electron chi connectivity index (χ0n) is 12.0. The Kier molecular flexibility index (Phi) is 3.05. The van der Waals surface area contributed by atoms with Crippen LogP contribution in [-0.2, 0) is 17.6 Å². The van der Waals surface area contributed by atoms with Crippen molar-refractivity contribution in [3.63, 3.8) is 0 Å². The molecule has 3 aliphatic rings. The number of carbonyl (C=O) groups is 1. The van der Waals surface area contributed by atoms with E-state index in [9.17, 15) is 10.1 Å². The number of amides is 1. The predicted octanol–water partition coefficient (Wildman–Crippen LogP) is 2.44. The monoisotopic (exact) mass is 301 g/mol. The van der Waals surface area contributed by atoms with Crippen molar-refractivity contribution < 1.29 is 4.79 Å². The summed E-state index contributed by atoms with van der Waals surface area (Å²) in [5.41, 5.74) is 2.16. The molecule has 0 aromatic carbocycles. The maximum Gasteiger partial charge on any atom is 0.228 e. The van der Waals surface area contributed by atoms with Crippen LogP contribution in [0.2, 0.25) is 0 Å². The number of carbonyl (C=O) groups excluding carboxylic acids is 1. The molecule has 1 unspecified atom stereocenters. The number of anilines is 1. The van der Waals surface area contributed by atoms with Gasteiger partial charge >= 0.3 is 0 Å². The Labute approximate surface area is 128 Å². The average molecular weight is 301 g/mol. The molecule has 110 valence electrons. The minimum Gasteiger partial charge on any atom is -0.317 e. The fourth-order valence-corrected chi connectivity index (χ4v) is 5.25. The van der Waals surface area contributed by atoms with Crippen molar-refractivity contribution >= 4 is 22.2 Å². The molecule has 5 heteroatoms. The summed E-state index contributed by atoms with van der Waals surface area (Å²) in [6, 6.07) is 2.30. The Morgan fingerprint density at radius 1 is 1.38 bits per heavy atom. The Morgan fingerprint density at radius 3 is 2.95 bits per heavy atom. The molecule has 4 nitrogen and oxygen atoms in total. The molecule has 0 bridgehead atoms. The molecule has 21 heavy (non-hydrogen) atoms. The van der Waals surface area contributed by atoms with E-state index >= 15 is 0 Å². The van der Waals surface area contributed by atoms with Crippen molar-refractivity contribution in [2.45, 2.75) is 38.5 Å². The van der Waals surface area contributed by atoms with Crippen LogP contribution in [0.3, 0.4) is 0 Å². The zero-order valence-corrected chi connectivity index (χ0v) is 12.8. The molecule has 2 aliphatic carbocycles. The Bertz CT molecular complexity index is 637. The van der Waals surface area contributed by atoms with Gasteiger partial charge in [0.05, 0.1) is 5.56 Å². The van der Waals surface area contributed by atoms with Crippen LogP contribution in [0.25, 0.3) is 0 Å². The van der Waals surface area contributed by atoms with Gasteiger partial charge in [-0.1, -0.05) is 0 Å². The number of fused-ring (bicyclic) bond motifs is 1. The summed E-state index contributed by atoms with van der Waals surface area (Å²) in [5, 5.41) is 16.6. The van der Waals surface area contributed by atoms with Gasteiger partial charge in [-0.25, -0.2) is 0 Å². The van der Waals surface area contributed by atoms with Crippen molar-refractivity contribution in [3.8, 4) is 6.07 Å². The molecule has 0 radical (unpaired) electrons. The van der Waals surface area contributed by atoms with Gasteiger partial charge in [0.15, 0.2) is 0 Å². The molecule has 4 rings (SSSR count). The first-order valence-corrected chi connectivity index (χ1v) is 8.61. The van der Waals surface area contributed by atoms with Crippen molar-refractivity contribution in [3.05, 3.63) is 16.0 Å². The van der Waals surface area contributed by atoms with Gasteiger partial charge in [0.25, 0.3) is 0 Å². The molecule has 1 saturated carbocycles. The third-order valence-corrected chi connectivity index (χ3v) is 6.58. The maximum absolute atomic E-state index is 12.5. The van der Waals surface area contributed by atoms with E-state index in [2.05, 4.69) is 16.7 Å². The second-order valence-electron chi connectivity index (χ2n) is 6.53. The van der Waals surface area contributed by atoms with Crippen LogP contribution in [0.4, 0.5) is 5.00 Å². The van der Waals surface area contributed by atoms with E-state index in [1.807, 2.05) is 0 Å². The summed E-state index contributed by atoms with van der Waals surface area (Å²) in [5.74, 6) is 0.288. The Balaban J connectivity index is 1.50. The summed E-state index contributed by atoms with van der Waals surface area (Å²) in [4.78, 5) is 13.8. The van der Waals surface area contributed by atoms with Crippen LogP contribution in [0, 0.1) is 22.7 Å². The first-order chi connectivity index (χ1) is 10.2. The van der Waals surface area contributed by atoms with E-state index in [0.717, 1.165) is 62.2 Å². The largest absolute Gasteiger partial charge is 0.317 e. The number of thiophene rings is 1. The van der Waals surface area contributed by atoms with Gasteiger partial charge in [-0.2, -0.15) is 5.26 Å². The van der Waals surface area contributed by atoms with Gasteiger partial charge in [-0.3, -0.25) is 4.79 Å². The van der Waals surface area contributed by atoms with Crippen LogP contribution in [0.5, 0.6) is 0 Å². The molecule has 1 aromatic heterocycles. The molecule has 2 N–H and O–H groups in total. The molecule has 1 amide bonds. The van der Waals surface area contributed by atoms with Crippen molar-refractivity contribution in [1.29, 1.82) is 5.26 Å². The first-order valence-electron chi connectivity index (χ1n) is 7.80. The highest BCUT2D eigenvalue weighted by Gasteiger charge is 2.57. The quantitative estimate of drug-likeness (QED) is 0.882. The van der Waals surface area contributed by atoms with E-state index in [-0.39, 0.29) is 17.2 Å². The average Bonchev–Trinajstić information content (AvgIpc) is 2.83. The lowest BCUT2D eigenvalue weighted by molar-refractivity contribution is -0.118. The second-order valence-corrected chi connectivity index (χ2v) is 7.64. The second kappa shape index (κ2) is 4.82. The number of hydrogen-bond donors (Lipinski definition) is 2. The smallest absolute Gasteiger partial charge is 0.228 e. The minimum atomic E-state index is 0.133. The predicted molar refractivity (Wildman–Crippen MR) is 82.3 cm³/mol. The topological polar surface area (TPSA) is 64.9 Å². The number of nitrogens with one attached hydrogen (secondary N) is 2. The summed E-state index contributed by atoms with van der Waals surface area (Å²) in [6.07, 6.45) is 6.43. The molecular weight excluding hydrogens is 282 g/mol. The number of nitriles is 1. The maximum atomic E-state index is 12.5. The van der Waals surface area contributed by atoms with Gasteiger partial charge in [0, 0.05) is 10.8 Å². The first kappa shape index (κ1) is 13.3. The van der Waals surface area contributed by atoms with E-state index in [1.165, 1.54) is 10.4 Å². The SMILES string of the molecule is N#Cc1c(NC(=O)C2CC23CCNCC3)sc2c1CCC2. The summed E-state index contributed by atoms with van der Waals surface area (Å²) in [7, 11) is 0. The highest BCUT2D eigenvalue weighted by atomic mass is 32.1. The Hall–Kier alpha value is -1.38. The van der Waals surface area contributed by atoms with Crippen molar-refractivity contribution in [2.24, 2.45) is 11.3 Å². The van der Waals surface area contributed by atoms with Crippen molar-refractivity contribution in [1.82, 2.24) is 5.32 Å². The number of rotatable bonds is 2. The Morgan fingerprint density at radius 2 is 2.19 bits per heavy atom. The van der Waals surface area contributed by atoms with E-state index < -0.39 is 0 Å². The highest BCUT2D eigenvalue weighted by Crippen LogP contribution is 2.59. The molecule has 1 spiro atoms. The fourth-order valence-electron chi connectivity index (χ4n) is 4.01. The van der Waals surface area contributed by atoms with Gasteiger partial charge < -0.3 is 10.6 Å². The summed E-state index contributed by atoms with van der Waals surface area (Å²) < 4.78 is 0. The standard InChI is InChI=1S/C16H19N3OS/c17-9-11-10-2-1-3-13(10)21-15(11)19-14(20)12-8-16(12)4-6-18-7-5-16/h12,18H,1-8H2,(H,19,20). The molecule has 1 aromatic rings. The lowest BCUT2D eigenvalue weighted by Gasteiger charge is -2.23. The number of aryl methyl sites for hydroxylation is 1. The summed E-state index contributed by atoms with van der Waals surface area (Å²) >= 11 is 1.62. The number of hydrogen-bond acceptors (Lipinski definition) is 4. The van der Waals surface area contributed by atoms with E-state index in [4.69, 9.17) is 0 Å². The lowest BCUT2D eigenvalue weighted by Crippen LogP contribution is -2.31. The summed E-state index contributed by atoms with van der Waals surface area (Å²) in [6.45, 7) is 2.06. The normalized spacial score (nSPS) is 25.4. The van der Waals surface area contributed by atoms with Gasteiger partial charge in [-0.15, -0.1) is 11.3 Å². The molecular formula is C16H19N3OS. The van der Waals surface area contributed by atoms with Crippen LogP contribution in [0.1, 0.15) is 41.7 Å². The molecule has 2 fully saturated rings. The van der Waals surface area contributed by atoms with Crippen LogP contribution < -0.4 is 10.6 Å². The molecule has 2 heterocycles. The lowest BCUT2D eigenvalue weighted by atomic mass is 9.92. The van der Waals surface area contributed by atoms with Crippen molar-refractivity contribution in [2.75, 3.05) is 18.4 Å². The van der Waals surface area contributed by atoms with Crippen LogP contribution in [-0.4, -0.2) is 19.0 Å². The fraction of sp³-hybridized carbons (Fsp3) is 0.625. The van der Waals surface area contributed by atoms with Crippen LogP contribution >= 0.6 is 11.3 Å². The van der Waals surface area contributed by atoms with Gasteiger partial charge in [0.1, 0.15) is 11.1 Å². The third-order valence-electron chi connectivity index (χ3n) is 5.38. The highest BCUT2D eigenvalue weighted by molar-refractivity contribution is 7.16. The molecule has 1 atom stereocenters. The zero-order chi connectivity index (χ0) is 14.4. The van der Waals surface area contributed by atoms with Crippen LogP contribution in [0.15, 0.2) is 0 Å². The minimum absolute atomic E-state index is 0.133. The van der Waals surface area contributed by atoms with E-state index in [0.29, 0.717) is 0 Å². The number of piperidine rings is 1. The molecule has 1 saturated heterocycles. The van der Waals surface area contributed by atoms with E-state index in [1.54, 1.807) is 11.3 Å².